The van der Waals surface area contributed by atoms with E-state index in [2.05, 4.69) is 24.3 Å². The summed E-state index contributed by atoms with van der Waals surface area (Å²) in [5.41, 5.74) is 2.49. The van der Waals surface area contributed by atoms with E-state index in [-0.39, 0.29) is 6.04 Å². The number of unbranched alkanes of at least 4 members (excludes halogenated alkanes) is 1. The lowest BCUT2D eigenvalue weighted by Gasteiger charge is -2.22. The molecule has 1 heterocycles. The largest absolute Gasteiger partial charge is 0.417 e. The number of nitrogens with zero attached hydrogens (tertiary/aromatic N) is 1. The van der Waals surface area contributed by atoms with E-state index < -0.39 is 11.7 Å². The van der Waals surface area contributed by atoms with Crippen LogP contribution < -0.4 is 11.3 Å². The number of hydrazine groups is 1. The third-order valence-electron chi connectivity index (χ3n) is 3.78. The summed E-state index contributed by atoms with van der Waals surface area (Å²) in [7, 11) is 0. The van der Waals surface area contributed by atoms with Gasteiger partial charge in [-0.05, 0) is 24.5 Å². The lowest BCUT2D eigenvalue weighted by atomic mass is 9.91. The van der Waals surface area contributed by atoms with Crippen molar-refractivity contribution in [3.05, 3.63) is 29.6 Å². The van der Waals surface area contributed by atoms with Crippen LogP contribution in [0.5, 0.6) is 0 Å². The van der Waals surface area contributed by atoms with Crippen LogP contribution in [-0.4, -0.2) is 4.98 Å². The highest BCUT2D eigenvalue weighted by Crippen LogP contribution is 2.30. The maximum atomic E-state index is 12.5. The molecule has 0 aliphatic heterocycles. The molecule has 0 spiro atoms. The first-order valence-electron chi connectivity index (χ1n) is 7.41. The molecule has 120 valence electrons. The zero-order valence-electron chi connectivity index (χ0n) is 12.6. The van der Waals surface area contributed by atoms with E-state index in [0.717, 1.165) is 44.4 Å². The Morgan fingerprint density at radius 1 is 1.29 bits per heavy atom. The molecule has 0 radical (unpaired) electrons. The van der Waals surface area contributed by atoms with Crippen LogP contribution in [-0.2, 0) is 6.18 Å². The van der Waals surface area contributed by atoms with Gasteiger partial charge in [0.1, 0.15) is 0 Å². The number of halogens is 3. The van der Waals surface area contributed by atoms with Gasteiger partial charge in [-0.15, -0.1) is 0 Å². The van der Waals surface area contributed by atoms with Gasteiger partial charge in [0, 0.05) is 6.20 Å². The van der Waals surface area contributed by atoms with Crippen LogP contribution in [0.3, 0.4) is 0 Å². The normalized spacial score (nSPS) is 15.0. The van der Waals surface area contributed by atoms with E-state index in [9.17, 15) is 13.2 Å². The Morgan fingerprint density at radius 3 is 2.43 bits per heavy atom. The molecule has 1 aromatic rings. The number of nitrogens with two attached hydrogens (primary N) is 1. The van der Waals surface area contributed by atoms with Crippen molar-refractivity contribution >= 4 is 0 Å². The number of alkyl halides is 3. The summed E-state index contributed by atoms with van der Waals surface area (Å²) in [6.07, 6.45) is 1.71. The molecule has 0 saturated carbocycles. The fourth-order valence-corrected chi connectivity index (χ4v) is 2.37. The van der Waals surface area contributed by atoms with Gasteiger partial charge in [0.2, 0.25) is 0 Å². The van der Waals surface area contributed by atoms with Crippen molar-refractivity contribution in [1.29, 1.82) is 0 Å². The number of aromatic nitrogens is 1. The van der Waals surface area contributed by atoms with Crippen molar-refractivity contribution in [2.75, 3.05) is 0 Å². The minimum atomic E-state index is -4.36. The Hall–Kier alpha value is -1.14. The van der Waals surface area contributed by atoms with Crippen LogP contribution in [0.4, 0.5) is 13.2 Å². The molecule has 2 unspecified atom stereocenters. The highest BCUT2D eigenvalue weighted by Gasteiger charge is 2.31. The Bertz CT molecular complexity index is 404. The zero-order chi connectivity index (χ0) is 15.9. The van der Waals surface area contributed by atoms with Gasteiger partial charge in [-0.2, -0.15) is 13.2 Å². The fraction of sp³-hybridized carbons (Fsp3) is 0.667. The maximum Gasteiger partial charge on any atom is 0.417 e. The smallest absolute Gasteiger partial charge is 0.271 e. The number of hydrogen-bond acceptors (Lipinski definition) is 3. The molecule has 0 saturated heterocycles. The van der Waals surface area contributed by atoms with Gasteiger partial charge < -0.3 is 0 Å². The molecular formula is C15H24F3N3. The second-order valence-corrected chi connectivity index (χ2v) is 5.34. The second kappa shape index (κ2) is 8.34. The molecule has 2 atom stereocenters. The zero-order valence-corrected chi connectivity index (χ0v) is 12.6. The third kappa shape index (κ3) is 5.63. The molecule has 0 bridgehead atoms. The summed E-state index contributed by atoms with van der Waals surface area (Å²) in [5.74, 6) is 6.04. The monoisotopic (exact) mass is 303 g/mol. The molecule has 0 amide bonds. The summed E-state index contributed by atoms with van der Waals surface area (Å²) >= 11 is 0. The van der Waals surface area contributed by atoms with Gasteiger partial charge in [-0.25, -0.2) is 0 Å². The van der Waals surface area contributed by atoms with Gasteiger partial charge in [0.15, 0.2) is 0 Å². The third-order valence-corrected chi connectivity index (χ3v) is 3.78. The predicted molar refractivity (Wildman–Crippen MR) is 77.2 cm³/mol. The van der Waals surface area contributed by atoms with E-state index >= 15 is 0 Å². The molecule has 0 aliphatic rings. The fourth-order valence-electron chi connectivity index (χ4n) is 2.37. The topological polar surface area (TPSA) is 50.9 Å². The summed E-state index contributed by atoms with van der Waals surface area (Å²) in [4.78, 5) is 3.92. The van der Waals surface area contributed by atoms with Crippen molar-refractivity contribution in [3.63, 3.8) is 0 Å². The number of hydrogen-bond donors (Lipinski definition) is 2. The maximum absolute atomic E-state index is 12.5. The van der Waals surface area contributed by atoms with Crippen LogP contribution >= 0.6 is 0 Å². The molecular weight excluding hydrogens is 279 g/mol. The first kappa shape index (κ1) is 17.9. The molecule has 0 aromatic carbocycles. The van der Waals surface area contributed by atoms with Gasteiger partial charge >= 0.3 is 6.18 Å². The Kier molecular flexibility index (Phi) is 7.11. The predicted octanol–water partition coefficient (Wildman–Crippen LogP) is 4.21. The van der Waals surface area contributed by atoms with E-state index in [1.54, 1.807) is 0 Å². The molecule has 1 rings (SSSR count). The first-order chi connectivity index (χ1) is 9.92. The van der Waals surface area contributed by atoms with Gasteiger partial charge in [-0.1, -0.05) is 39.5 Å². The van der Waals surface area contributed by atoms with Crippen molar-refractivity contribution < 1.29 is 13.2 Å². The molecule has 1 aromatic heterocycles. The molecule has 0 aliphatic carbocycles. The minimum absolute atomic E-state index is 0.214. The minimum Gasteiger partial charge on any atom is -0.271 e. The Morgan fingerprint density at radius 2 is 2.00 bits per heavy atom. The van der Waals surface area contributed by atoms with Crippen LogP contribution in [0.25, 0.3) is 0 Å². The standard InChI is InChI=1S/C15H24F3N3/c1-3-5-6-11(4-2)9-14(21-19)13-8-7-12(10-20-13)15(16,17)18/h7-8,10-11,14,21H,3-6,9,19H2,1-2H3. The Labute approximate surface area is 124 Å². The summed E-state index contributed by atoms with van der Waals surface area (Å²) in [6, 6.07) is 2.24. The Balaban J connectivity index is 2.75. The molecule has 21 heavy (non-hydrogen) atoms. The molecule has 0 fully saturated rings. The van der Waals surface area contributed by atoms with Crippen molar-refractivity contribution in [3.8, 4) is 0 Å². The van der Waals surface area contributed by atoms with Gasteiger partial charge in [0.25, 0.3) is 0 Å². The molecule has 6 heteroatoms. The quantitative estimate of drug-likeness (QED) is 0.558. The number of pyridine rings is 1. The number of rotatable bonds is 8. The summed E-state index contributed by atoms with van der Waals surface area (Å²) in [5, 5.41) is 0. The molecule has 3 N–H and O–H groups in total. The van der Waals surface area contributed by atoms with Crippen LogP contribution in [0.1, 0.15) is 63.3 Å². The average Bonchev–Trinajstić information content (AvgIpc) is 2.47. The summed E-state index contributed by atoms with van der Waals surface area (Å²) < 4.78 is 37.6. The van der Waals surface area contributed by atoms with E-state index in [1.807, 2.05) is 0 Å². The average molecular weight is 303 g/mol. The van der Waals surface area contributed by atoms with Crippen LogP contribution in [0.15, 0.2) is 18.3 Å². The SMILES string of the molecule is CCCCC(CC)CC(NN)c1ccc(C(F)(F)F)cn1. The first-order valence-corrected chi connectivity index (χ1v) is 7.41. The lowest BCUT2D eigenvalue weighted by molar-refractivity contribution is -0.137. The second-order valence-electron chi connectivity index (χ2n) is 5.34. The van der Waals surface area contributed by atoms with Crippen molar-refractivity contribution in [2.24, 2.45) is 11.8 Å². The lowest BCUT2D eigenvalue weighted by Crippen LogP contribution is -2.30. The molecule has 3 nitrogen and oxygen atoms in total. The number of nitrogens with one attached hydrogen (secondary N) is 1. The van der Waals surface area contributed by atoms with Gasteiger partial charge in [0.05, 0.1) is 17.3 Å². The van der Waals surface area contributed by atoms with Crippen molar-refractivity contribution in [1.82, 2.24) is 10.4 Å². The van der Waals surface area contributed by atoms with E-state index in [4.69, 9.17) is 5.84 Å². The van der Waals surface area contributed by atoms with Crippen LogP contribution in [0, 0.1) is 5.92 Å². The van der Waals surface area contributed by atoms with E-state index in [0.29, 0.717) is 11.6 Å². The van der Waals surface area contributed by atoms with E-state index in [1.165, 1.54) is 6.07 Å². The van der Waals surface area contributed by atoms with Crippen LogP contribution in [0.2, 0.25) is 0 Å². The highest BCUT2D eigenvalue weighted by molar-refractivity contribution is 5.19. The van der Waals surface area contributed by atoms with Crippen molar-refractivity contribution in [2.45, 2.75) is 58.2 Å². The highest BCUT2D eigenvalue weighted by atomic mass is 19.4. The summed E-state index contributed by atoms with van der Waals surface area (Å²) in [6.45, 7) is 4.26. The van der Waals surface area contributed by atoms with Gasteiger partial charge in [-0.3, -0.25) is 16.3 Å².